The van der Waals surface area contributed by atoms with Crippen molar-refractivity contribution in [1.82, 2.24) is 14.9 Å². The third-order valence-corrected chi connectivity index (χ3v) is 5.30. The van der Waals surface area contributed by atoms with Gasteiger partial charge in [-0.05, 0) is 35.9 Å². The van der Waals surface area contributed by atoms with Gasteiger partial charge in [0.1, 0.15) is 4.90 Å². The highest BCUT2D eigenvalue weighted by atomic mass is 32.2. The van der Waals surface area contributed by atoms with Gasteiger partial charge in [-0.25, -0.2) is 9.78 Å². The number of hydrogen-bond acceptors (Lipinski definition) is 4. The minimum absolute atomic E-state index is 0.207. The van der Waals surface area contributed by atoms with Crippen LogP contribution in [0.2, 0.25) is 0 Å². The molecule has 0 bridgehead atoms. The maximum Gasteiger partial charge on any atom is 0.321 e. The molecule has 1 saturated heterocycles. The van der Waals surface area contributed by atoms with Crippen molar-refractivity contribution in [2.45, 2.75) is 4.90 Å². The maximum atomic E-state index is 11.9. The Bertz CT molecular complexity index is 1090. The van der Waals surface area contributed by atoms with Crippen molar-refractivity contribution in [3.63, 3.8) is 0 Å². The second-order valence-electron chi connectivity index (χ2n) is 6.06. The highest BCUT2D eigenvalue weighted by molar-refractivity contribution is 7.86. The summed E-state index contributed by atoms with van der Waals surface area (Å²) >= 11 is 0. The van der Waals surface area contributed by atoms with E-state index in [4.69, 9.17) is 0 Å². The predicted octanol–water partition coefficient (Wildman–Crippen LogP) is 2.32. The molecule has 4 rings (SSSR count). The lowest BCUT2D eigenvalue weighted by Crippen LogP contribution is -2.27. The third kappa shape index (κ3) is 3.29. The number of nitrogens with one attached hydrogen (secondary N) is 1. The summed E-state index contributed by atoms with van der Waals surface area (Å²) in [7, 11) is -4.42. The first-order valence-corrected chi connectivity index (χ1v) is 9.63. The Kier molecular flexibility index (Phi) is 4.17. The average molecular weight is 384 g/mol. The van der Waals surface area contributed by atoms with E-state index in [2.05, 4.69) is 10.3 Å². The molecule has 1 fully saturated rings. The first-order chi connectivity index (χ1) is 12.9. The monoisotopic (exact) mass is 384 g/mol. The van der Waals surface area contributed by atoms with E-state index in [1.807, 2.05) is 16.7 Å². The number of benzene rings is 2. The molecule has 2 N–H and O–H groups in total. The number of urea groups is 1. The SMILES string of the molecule is O=C1NCCN1c1ccc(S(=O)(=O)O)c(-c2ccc(-n3ccnc3)cc2)c1. The number of nitrogens with zero attached hydrogens (tertiary/aromatic N) is 3. The molecule has 2 amide bonds. The minimum Gasteiger partial charge on any atom is -0.336 e. The van der Waals surface area contributed by atoms with Gasteiger partial charge in [0.05, 0.1) is 6.33 Å². The molecule has 0 saturated carbocycles. The van der Waals surface area contributed by atoms with Crippen LogP contribution in [0.5, 0.6) is 0 Å². The van der Waals surface area contributed by atoms with Gasteiger partial charge in [-0.1, -0.05) is 12.1 Å². The Balaban J connectivity index is 1.80. The number of imidazole rings is 1. The molecule has 1 aliphatic heterocycles. The smallest absolute Gasteiger partial charge is 0.321 e. The summed E-state index contributed by atoms with van der Waals surface area (Å²) in [5.41, 5.74) is 2.35. The topological polar surface area (TPSA) is 105 Å². The first kappa shape index (κ1) is 17.3. The van der Waals surface area contributed by atoms with Gasteiger partial charge in [0.25, 0.3) is 10.1 Å². The number of carbonyl (C=O) groups is 1. The lowest BCUT2D eigenvalue weighted by Gasteiger charge is -2.17. The van der Waals surface area contributed by atoms with Crippen molar-refractivity contribution in [1.29, 1.82) is 0 Å². The van der Waals surface area contributed by atoms with E-state index in [1.54, 1.807) is 36.9 Å². The number of anilines is 1. The molecule has 1 aliphatic rings. The average Bonchev–Trinajstić information content (AvgIpc) is 3.32. The number of aromatic nitrogens is 2. The summed E-state index contributed by atoms with van der Waals surface area (Å²) in [6.07, 6.45) is 5.12. The van der Waals surface area contributed by atoms with Crippen LogP contribution in [0.15, 0.2) is 66.1 Å². The van der Waals surface area contributed by atoms with E-state index in [0.717, 1.165) is 5.69 Å². The Hall–Kier alpha value is -3.17. The van der Waals surface area contributed by atoms with Crippen LogP contribution >= 0.6 is 0 Å². The van der Waals surface area contributed by atoms with Crippen molar-refractivity contribution in [2.75, 3.05) is 18.0 Å². The van der Waals surface area contributed by atoms with Gasteiger partial charge in [0.15, 0.2) is 0 Å². The molecule has 2 heterocycles. The van der Waals surface area contributed by atoms with Crippen molar-refractivity contribution in [3.8, 4) is 16.8 Å². The van der Waals surface area contributed by atoms with Crippen LogP contribution < -0.4 is 10.2 Å². The summed E-state index contributed by atoms with van der Waals surface area (Å²) in [6, 6.07) is 11.3. The van der Waals surface area contributed by atoms with Crippen LogP contribution in [0, 0.1) is 0 Å². The summed E-state index contributed by atoms with van der Waals surface area (Å²) in [6.45, 7) is 1.01. The lowest BCUT2D eigenvalue weighted by atomic mass is 10.0. The van der Waals surface area contributed by atoms with Gasteiger partial charge in [0, 0.05) is 42.4 Å². The molecule has 0 aliphatic carbocycles. The van der Waals surface area contributed by atoms with Crippen LogP contribution in [0.1, 0.15) is 0 Å². The zero-order valence-electron chi connectivity index (χ0n) is 14.1. The van der Waals surface area contributed by atoms with Crippen LogP contribution in [0.3, 0.4) is 0 Å². The van der Waals surface area contributed by atoms with Crippen LogP contribution in [-0.4, -0.2) is 41.6 Å². The molecule has 8 nitrogen and oxygen atoms in total. The molecule has 3 aromatic rings. The molecule has 138 valence electrons. The number of rotatable bonds is 4. The second-order valence-corrected chi connectivity index (χ2v) is 7.45. The standard InChI is InChI=1S/C18H16N4O4S/c23-18-20-8-10-22(18)15-5-6-17(27(24,25)26)16(11-15)13-1-3-14(4-2-13)21-9-7-19-12-21/h1-7,9,11-12H,8,10H2,(H,20,23)(H,24,25,26). The fraction of sp³-hybridized carbons (Fsp3) is 0.111. The van der Waals surface area contributed by atoms with Crippen molar-refractivity contribution in [2.24, 2.45) is 0 Å². The van der Waals surface area contributed by atoms with E-state index in [-0.39, 0.29) is 10.9 Å². The fourth-order valence-corrected chi connectivity index (χ4v) is 3.77. The molecule has 0 unspecified atom stereocenters. The Morgan fingerprint density at radius 2 is 1.81 bits per heavy atom. The third-order valence-electron chi connectivity index (χ3n) is 4.39. The molecule has 0 radical (unpaired) electrons. The molecule has 27 heavy (non-hydrogen) atoms. The van der Waals surface area contributed by atoms with Gasteiger partial charge in [-0.15, -0.1) is 0 Å². The predicted molar refractivity (Wildman–Crippen MR) is 99.6 cm³/mol. The van der Waals surface area contributed by atoms with Crippen LogP contribution in [-0.2, 0) is 10.1 Å². The van der Waals surface area contributed by atoms with Crippen molar-refractivity contribution in [3.05, 3.63) is 61.2 Å². The Morgan fingerprint density at radius 1 is 1.07 bits per heavy atom. The van der Waals surface area contributed by atoms with Crippen molar-refractivity contribution >= 4 is 21.8 Å². The second kappa shape index (κ2) is 6.53. The van der Waals surface area contributed by atoms with E-state index in [0.29, 0.717) is 29.9 Å². The maximum absolute atomic E-state index is 11.9. The fourth-order valence-electron chi connectivity index (χ4n) is 3.08. The first-order valence-electron chi connectivity index (χ1n) is 8.19. The normalized spacial score (nSPS) is 14.4. The summed E-state index contributed by atoms with van der Waals surface area (Å²) < 4.78 is 35.1. The summed E-state index contributed by atoms with van der Waals surface area (Å²) in [4.78, 5) is 17.2. The number of hydrogen-bond donors (Lipinski definition) is 2. The van der Waals surface area contributed by atoms with E-state index >= 15 is 0 Å². The number of amides is 2. The van der Waals surface area contributed by atoms with Gasteiger partial charge in [0.2, 0.25) is 0 Å². The van der Waals surface area contributed by atoms with Crippen LogP contribution in [0.25, 0.3) is 16.8 Å². The zero-order valence-corrected chi connectivity index (χ0v) is 14.9. The van der Waals surface area contributed by atoms with Crippen LogP contribution in [0.4, 0.5) is 10.5 Å². The van der Waals surface area contributed by atoms with Gasteiger partial charge >= 0.3 is 6.03 Å². The molecular weight excluding hydrogens is 368 g/mol. The Morgan fingerprint density at radius 3 is 2.41 bits per heavy atom. The van der Waals surface area contributed by atoms with Crippen molar-refractivity contribution < 1.29 is 17.8 Å². The Labute approximate surface area is 155 Å². The molecule has 0 spiro atoms. The van der Waals surface area contributed by atoms with E-state index in [1.165, 1.54) is 17.0 Å². The summed E-state index contributed by atoms with van der Waals surface area (Å²) in [5, 5.41) is 2.71. The number of carbonyl (C=O) groups excluding carboxylic acids is 1. The quantitative estimate of drug-likeness (QED) is 0.672. The largest absolute Gasteiger partial charge is 0.336 e. The minimum atomic E-state index is -4.42. The van der Waals surface area contributed by atoms with E-state index < -0.39 is 10.1 Å². The van der Waals surface area contributed by atoms with Gasteiger partial charge in [-0.3, -0.25) is 9.45 Å². The molecule has 1 aromatic heterocycles. The lowest BCUT2D eigenvalue weighted by molar-refractivity contribution is 0.252. The van der Waals surface area contributed by atoms with Gasteiger partial charge in [-0.2, -0.15) is 8.42 Å². The summed E-state index contributed by atoms with van der Waals surface area (Å²) in [5.74, 6) is 0. The molecule has 0 atom stereocenters. The highest BCUT2D eigenvalue weighted by Crippen LogP contribution is 2.32. The van der Waals surface area contributed by atoms with E-state index in [9.17, 15) is 17.8 Å². The van der Waals surface area contributed by atoms with Gasteiger partial charge < -0.3 is 9.88 Å². The molecular formula is C18H16N4O4S. The molecule has 2 aromatic carbocycles. The zero-order chi connectivity index (χ0) is 19.0. The highest BCUT2D eigenvalue weighted by Gasteiger charge is 2.24. The molecule has 9 heteroatoms.